The Morgan fingerprint density at radius 2 is 0.967 bits per heavy atom. The van der Waals surface area contributed by atoms with Crippen molar-refractivity contribution in [3.8, 4) is 0 Å². The van der Waals surface area contributed by atoms with Crippen LogP contribution in [0.25, 0.3) is 0 Å². The van der Waals surface area contributed by atoms with Gasteiger partial charge in [-0.2, -0.15) is 0 Å². The van der Waals surface area contributed by atoms with E-state index in [1.807, 2.05) is 6.92 Å². The Bertz CT molecular complexity index is 492. The Hall–Kier alpha value is -2.37. The van der Waals surface area contributed by atoms with Gasteiger partial charge in [0, 0.05) is 17.6 Å². The highest BCUT2D eigenvalue weighted by molar-refractivity contribution is 5.87. The van der Waals surface area contributed by atoms with Crippen molar-refractivity contribution in [1.82, 2.24) is 0 Å². The molecule has 0 aromatic carbocycles. The fraction of sp³-hybridized carbons (Fsp3) is 0.625. The summed E-state index contributed by atoms with van der Waals surface area (Å²) in [6, 6.07) is 0. The maximum atomic E-state index is 10.5. The van der Waals surface area contributed by atoms with Gasteiger partial charge in [-0.3, -0.25) is 4.79 Å². The van der Waals surface area contributed by atoms with E-state index >= 15 is 0 Å². The number of rotatable bonds is 6. The predicted molar refractivity (Wildman–Crippen MR) is 122 cm³/mol. The first kappa shape index (κ1) is 32.3. The Labute approximate surface area is 183 Å². The van der Waals surface area contributed by atoms with Gasteiger partial charge in [-0.05, 0) is 33.6 Å². The van der Waals surface area contributed by atoms with E-state index in [2.05, 4.69) is 33.9 Å². The summed E-state index contributed by atoms with van der Waals surface area (Å²) in [6.45, 7) is 15.6. The van der Waals surface area contributed by atoms with Crippen molar-refractivity contribution in [2.45, 2.75) is 78.6 Å². The average molecular weight is 427 g/mol. The second kappa shape index (κ2) is 22.9. The number of carbonyl (C=O) groups is 3. The van der Waals surface area contributed by atoms with Crippen molar-refractivity contribution in [3.63, 3.8) is 0 Å². The van der Waals surface area contributed by atoms with Gasteiger partial charge >= 0.3 is 17.9 Å². The van der Waals surface area contributed by atoms with Crippen LogP contribution in [-0.4, -0.2) is 39.2 Å². The monoisotopic (exact) mass is 426 g/mol. The molecular weight excluding hydrogens is 384 g/mol. The van der Waals surface area contributed by atoms with Crippen LogP contribution < -0.4 is 0 Å². The van der Waals surface area contributed by atoms with Crippen LogP contribution in [0.15, 0.2) is 36.5 Å². The van der Waals surface area contributed by atoms with Crippen LogP contribution in [0.5, 0.6) is 0 Å². The van der Waals surface area contributed by atoms with Crippen LogP contribution >= 0.6 is 0 Å². The third kappa shape index (κ3) is 27.8. The largest absolute Gasteiger partial charge is 0.469 e. The molecule has 0 atom stereocenters. The minimum absolute atomic E-state index is 0.138. The number of esters is 3. The summed E-state index contributed by atoms with van der Waals surface area (Å²) in [7, 11) is 4.07. The maximum absolute atomic E-state index is 10.5. The lowest BCUT2D eigenvalue weighted by Crippen LogP contribution is -1.99. The molecule has 0 saturated heterocycles. The predicted octanol–water partition coefficient (Wildman–Crippen LogP) is 5.72. The molecule has 0 aliphatic heterocycles. The van der Waals surface area contributed by atoms with Gasteiger partial charge < -0.3 is 14.2 Å². The molecule has 0 spiro atoms. The summed E-state index contributed by atoms with van der Waals surface area (Å²) in [5.41, 5.74) is 1.98. The minimum atomic E-state index is -0.347. The molecule has 0 amide bonds. The summed E-state index contributed by atoms with van der Waals surface area (Å²) in [6.07, 6.45) is 11.3. The molecule has 0 aromatic heterocycles. The van der Waals surface area contributed by atoms with Crippen LogP contribution in [0.2, 0.25) is 0 Å². The third-order valence-corrected chi connectivity index (χ3v) is 3.78. The molecule has 0 bridgehead atoms. The molecule has 1 aliphatic rings. The smallest absolute Gasteiger partial charge is 0.332 e. The first-order chi connectivity index (χ1) is 14.0. The van der Waals surface area contributed by atoms with Crippen LogP contribution in [0.1, 0.15) is 78.6 Å². The van der Waals surface area contributed by atoms with Crippen LogP contribution in [-0.2, 0) is 28.6 Å². The van der Waals surface area contributed by atoms with E-state index in [0.29, 0.717) is 17.6 Å². The fourth-order valence-electron chi connectivity index (χ4n) is 2.05. The number of ether oxygens (including phenoxy) is 3. The third-order valence-electron chi connectivity index (χ3n) is 3.78. The molecule has 6 nitrogen and oxygen atoms in total. The fourth-order valence-corrected chi connectivity index (χ4v) is 2.05. The Morgan fingerprint density at radius 1 is 0.633 bits per heavy atom. The van der Waals surface area contributed by atoms with E-state index in [1.54, 1.807) is 13.8 Å². The molecule has 0 unspecified atom stereocenters. The van der Waals surface area contributed by atoms with Crippen molar-refractivity contribution in [2.24, 2.45) is 0 Å². The van der Waals surface area contributed by atoms with E-state index in [0.717, 1.165) is 18.4 Å². The zero-order valence-electron chi connectivity index (χ0n) is 19.9. The van der Waals surface area contributed by atoms with Gasteiger partial charge in [-0.15, -0.1) is 6.58 Å². The minimum Gasteiger partial charge on any atom is -0.469 e. The van der Waals surface area contributed by atoms with Gasteiger partial charge in [0.15, 0.2) is 0 Å². The maximum Gasteiger partial charge on any atom is 0.332 e. The standard InChI is InChI=1S/C8H14O2.C6H12.2C5H8O2/c1-7(2)5-4-6-8(9)10-3;1-2-4-6-5-3-1;2*1-4(2)5(6)7-3/h1,4-6H2,2-3H3;1-6H2;2*1H2,2-3H3. The normalized spacial score (nSPS) is 11.4. The molecular formula is C24H42O6. The Morgan fingerprint density at radius 3 is 1.13 bits per heavy atom. The molecule has 0 heterocycles. The first-order valence-corrected chi connectivity index (χ1v) is 10.2. The molecule has 1 rings (SSSR count). The van der Waals surface area contributed by atoms with Crippen molar-refractivity contribution >= 4 is 17.9 Å². The van der Waals surface area contributed by atoms with Gasteiger partial charge in [-0.25, -0.2) is 9.59 Å². The highest BCUT2D eigenvalue weighted by Crippen LogP contribution is 2.15. The second-order valence-electron chi connectivity index (χ2n) is 7.05. The lowest BCUT2D eigenvalue weighted by atomic mass is 10.0. The quantitative estimate of drug-likeness (QED) is 0.234. The van der Waals surface area contributed by atoms with E-state index in [1.165, 1.54) is 59.9 Å². The molecule has 6 heteroatoms. The zero-order valence-corrected chi connectivity index (χ0v) is 19.9. The summed E-state index contributed by atoms with van der Waals surface area (Å²) in [5.74, 6) is -0.832. The van der Waals surface area contributed by atoms with Gasteiger partial charge in [0.2, 0.25) is 0 Å². The van der Waals surface area contributed by atoms with Gasteiger partial charge in [0.25, 0.3) is 0 Å². The van der Waals surface area contributed by atoms with E-state index in [-0.39, 0.29) is 17.9 Å². The summed E-state index contributed by atoms with van der Waals surface area (Å²) in [5, 5.41) is 0. The Kier molecular flexibility index (Phi) is 24.7. The van der Waals surface area contributed by atoms with Crippen LogP contribution in [0, 0.1) is 0 Å². The highest BCUT2D eigenvalue weighted by atomic mass is 16.5. The van der Waals surface area contributed by atoms with Gasteiger partial charge in [0.05, 0.1) is 21.3 Å². The van der Waals surface area contributed by atoms with E-state index in [4.69, 9.17) is 0 Å². The number of methoxy groups -OCH3 is 3. The summed E-state index contributed by atoms with van der Waals surface area (Å²) < 4.78 is 13.0. The van der Waals surface area contributed by atoms with Crippen molar-refractivity contribution < 1.29 is 28.6 Å². The number of hydrogen-bond acceptors (Lipinski definition) is 6. The molecule has 30 heavy (non-hydrogen) atoms. The average Bonchev–Trinajstić information content (AvgIpc) is 2.74. The van der Waals surface area contributed by atoms with Gasteiger partial charge in [-0.1, -0.05) is 57.3 Å². The Balaban J connectivity index is -0.000000330. The van der Waals surface area contributed by atoms with Gasteiger partial charge in [0.1, 0.15) is 0 Å². The lowest BCUT2D eigenvalue weighted by molar-refractivity contribution is -0.140. The molecule has 0 N–H and O–H groups in total. The van der Waals surface area contributed by atoms with Crippen molar-refractivity contribution in [1.29, 1.82) is 0 Å². The first-order valence-electron chi connectivity index (χ1n) is 10.2. The van der Waals surface area contributed by atoms with E-state index < -0.39 is 0 Å². The lowest BCUT2D eigenvalue weighted by Gasteiger charge is -2.05. The number of carbonyl (C=O) groups excluding carboxylic acids is 3. The molecule has 1 fully saturated rings. The summed E-state index contributed by atoms with van der Waals surface area (Å²) >= 11 is 0. The molecule has 174 valence electrons. The second-order valence-corrected chi connectivity index (χ2v) is 7.05. The summed E-state index contributed by atoms with van der Waals surface area (Å²) in [4.78, 5) is 30.9. The van der Waals surface area contributed by atoms with E-state index in [9.17, 15) is 14.4 Å². The number of allylic oxidation sites excluding steroid dienone is 1. The van der Waals surface area contributed by atoms with Crippen molar-refractivity contribution in [2.75, 3.05) is 21.3 Å². The van der Waals surface area contributed by atoms with Crippen molar-refractivity contribution in [3.05, 3.63) is 36.5 Å². The number of hydrogen-bond donors (Lipinski definition) is 0. The molecule has 0 radical (unpaired) electrons. The van der Waals surface area contributed by atoms with Crippen LogP contribution in [0.4, 0.5) is 0 Å². The highest BCUT2D eigenvalue weighted by Gasteiger charge is 1.98. The van der Waals surface area contributed by atoms with Crippen LogP contribution in [0.3, 0.4) is 0 Å². The molecule has 0 aromatic rings. The zero-order chi connectivity index (χ0) is 23.9. The molecule has 1 aliphatic carbocycles. The SMILES string of the molecule is C1CCCCC1.C=C(C)C(=O)OC.C=C(C)C(=O)OC.C=C(C)CCCC(=O)OC. The topological polar surface area (TPSA) is 78.9 Å². The molecule has 1 saturated carbocycles.